The normalized spacial score (nSPS) is 12.3. The minimum Gasteiger partial charge on any atom is -0.456 e. The molecule has 3 nitrogen and oxygen atoms in total. The lowest BCUT2D eigenvalue weighted by Crippen LogP contribution is -1.95. The average Bonchev–Trinajstić information content (AvgIpc) is 3.61. The molecule has 0 aliphatic carbocycles. The molecule has 0 aliphatic heterocycles. The Morgan fingerprint density at radius 2 is 1.03 bits per heavy atom. The Bertz CT molecular complexity index is 2420. The number of hydrogen-bond donors (Lipinski definition) is 0. The smallest absolute Gasteiger partial charge is 0.135 e. The first kappa shape index (κ1) is 20.1. The van der Waals surface area contributed by atoms with Crippen LogP contribution in [0.25, 0.3) is 82.0 Å². The topological polar surface area (TPSA) is 23.0 Å². The van der Waals surface area contributed by atoms with E-state index in [2.05, 4.69) is 119 Å². The number of fused-ring (bicyclic) bond motifs is 13. The Morgan fingerprint density at radius 1 is 0.474 bits per heavy atom. The largest absolute Gasteiger partial charge is 0.456 e. The van der Waals surface area contributed by atoms with Crippen LogP contribution in [0.4, 0.5) is 0 Å². The van der Waals surface area contributed by atoms with Crippen molar-refractivity contribution in [3.8, 4) is 5.69 Å². The van der Waals surface area contributed by atoms with Crippen LogP contribution in [0, 0.1) is 0 Å². The zero-order chi connectivity index (χ0) is 25.0. The minimum atomic E-state index is 0.914. The molecule has 9 aromatic rings. The van der Waals surface area contributed by atoms with Crippen molar-refractivity contribution in [1.29, 1.82) is 0 Å². The van der Waals surface area contributed by atoms with Crippen LogP contribution < -0.4 is 0 Å². The van der Waals surface area contributed by atoms with Gasteiger partial charge in [-0.25, -0.2) is 0 Å². The number of para-hydroxylation sites is 3. The maximum atomic E-state index is 6.17. The number of aryl methyl sites for hydroxylation is 1. The number of benzene rings is 6. The fraction of sp³-hybridized carbons (Fsp3) is 0.0286. The highest BCUT2D eigenvalue weighted by molar-refractivity contribution is 6.37. The van der Waals surface area contributed by atoms with Gasteiger partial charge in [0.1, 0.15) is 11.2 Å². The summed E-state index contributed by atoms with van der Waals surface area (Å²) in [6, 6.07) is 41.3. The van der Waals surface area contributed by atoms with Gasteiger partial charge in [-0.2, -0.15) is 0 Å². The molecule has 3 heterocycles. The molecule has 0 fully saturated rings. The van der Waals surface area contributed by atoms with Gasteiger partial charge in [0.05, 0.1) is 16.6 Å². The van der Waals surface area contributed by atoms with E-state index in [1.54, 1.807) is 0 Å². The molecule has 38 heavy (non-hydrogen) atoms. The van der Waals surface area contributed by atoms with E-state index < -0.39 is 0 Å². The lowest BCUT2D eigenvalue weighted by molar-refractivity contribution is 0.669. The third kappa shape index (κ3) is 2.39. The molecule has 0 amide bonds. The second-order valence-corrected chi connectivity index (χ2v) is 10.2. The van der Waals surface area contributed by atoms with E-state index in [4.69, 9.17) is 4.42 Å². The van der Waals surface area contributed by atoms with E-state index >= 15 is 0 Å². The van der Waals surface area contributed by atoms with E-state index in [9.17, 15) is 0 Å². The lowest BCUT2D eigenvalue weighted by Gasteiger charge is -2.12. The van der Waals surface area contributed by atoms with Gasteiger partial charge in [-0.05, 0) is 36.4 Å². The Hall–Kier alpha value is -5.02. The molecule has 0 saturated heterocycles. The molecule has 0 atom stereocenters. The Kier molecular flexibility index (Phi) is 3.73. The van der Waals surface area contributed by atoms with Crippen molar-refractivity contribution in [1.82, 2.24) is 9.13 Å². The number of rotatable bonds is 1. The molecular weight excluding hydrogens is 464 g/mol. The van der Waals surface area contributed by atoms with E-state index in [0.29, 0.717) is 0 Å². The number of hydrogen-bond acceptors (Lipinski definition) is 1. The summed E-state index contributed by atoms with van der Waals surface area (Å²) >= 11 is 0. The second kappa shape index (κ2) is 7.05. The molecule has 6 aromatic carbocycles. The molecule has 0 saturated carbocycles. The van der Waals surface area contributed by atoms with Gasteiger partial charge in [-0.15, -0.1) is 0 Å². The molecule has 0 unspecified atom stereocenters. The van der Waals surface area contributed by atoms with Gasteiger partial charge < -0.3 is 13.6 Å². The Labute approximate surface area is 217 Å². The fourth-order valence-corrected chi connectivity index (χ4v) is 6.73. The van der Waals surface area contributed by atoms with Crippen LogP contribution in [0.2, 0.25) is 0 Å². The molecular formula is C35H22N2O. The molecule has 0 N–H and O–H groups in total. The van der Waals surface area contributed by atoms with Crippen molar-refractivity contribution in [2.75, 3.05) is 0 Å². The zero-order valence-electron chi connectivity index (χ0n) is 20.8. The molecule has 0 aliphatic rings. The number of nitrogens with zero attached hydrogens (tertiary/aromatic N) is 2. The van der Waals surface area contributed by atoms with Gasteiger partial charge in [0.15, 0.2) is 0 Å². The van der Waals surface area contributed by atoms with Crippen molar-refractivity contribution in [2.45, 2.75) is 0 Å². The molecule has 3 heteroatoms. The minimum absolute atomic E-state index is 0.914. The summed E-state index contributed by atoms with van der Waals surface area (Å²) in [5.74, 6) is 0. The van der Waals surface area contributed by atoms with Gasteiger partial charge in [0.25, 0.3) is 0 Å². The summed E-state index contributed by atoms with van der Waals surface area (Å²) in [5, 5.41) is 10.0. The standard InChI is InChI=1S/C35H22N2O/c1-36-28-15-7-4-13-25(28)32-33-26-14-5-8-16-29(26)37(35(33)24-12-3-2-11-23(24)34(32)36)21-18-19-31-27(20-21)22-10-6-9-17-30(22)38-31/h2-20H,1H3. The lowest BCUT2D eigenvalue weighted by atomic mass is 9.99. The van der Waals surface area contributed by atoms with E-state index in [1.807, 2.05) is 12.1 Å². The second-order valence-electron chi connectivity index (χ2n) is 10.2. The number of furan rings is 1. The van der Waals surface area contributed by atoms with Crippen LogP contribution in [0.3, 0.4) is 0 Å². The molecule has 178 valence electrons. The highest BCUT2D eigenvalue weighted by Crippen LogP contribution is 2.46. The molecule has 0 radical (unpaired) electrons. The summed E-state index contributed by atoms with van der Waals surface area (Å²) in [7, 11) is 2.19. The number of aromatic nitrogens is 2. The molecule has 3 aromatic heterocycles. The summed E-state index contributed by atoms with van der Waals surface area (Å²) in [6.07, 6.45) is 0. The van der Waals surface area contributed by atoms with Crippen LogP contribution in [0.15, 0.2) is 120 Å². The van der Waals surface area contributed by atoms with Crippen molar-refractivity contribution < 1.29 is 4.42 Å². The van der Waals surface area contributed by atoms with Crippen LogP contribution in [-0.4, -0.2) is 9.13 Å². The highest BCUT2D eigenvalue weighted by Gasteiger charge is 2.22. The monoisotopic (exact) mass is 486 g/mol. The third-order valence-electron chi connectivity index (χ3n) is 8.29. The van der Waals surface area contributed by atoms with E-state index in [0.717, 1.165) is 27.6 Å². The average molecular weight is 487 g/mol. The quantitative estimate of drug-likeness (QED) is 0.227. The Balaban J connectivity index is 1.57. The van der Waals surface area contributed by atoms with Crippen molar-refractivity contribution >= 4 is 76.3 Å². The van der Waals surface area contributed by atoms with Crippen molar-refractivity contribution in [2.24, 2.45) is 7.05 Å². The van der Waals surface area contributed by atoms with Crippen LogP contribution in [0.5, 0.6) is 0 Å². The van der Waals surface area contributed by atoms with Gasteiger partial charge in [0, 0.05) is 61.3 Å². The maximum Gasteiger partial charge on any atom is 0.135 e. The summed E-state index contributed by atoms with van der Waals surface area (Å²) in [5.41, 5.74) is 7.97. The van der Waals surface area contributed by atoms with Crippen molar-refractivity contribution in [3.63, 3.8) is 0 Å². The third-order valence-corrected chi connectivity index (χ3v) is 8.29. The van der Waals surface area contributed by atoms with Gasteiger partial charge >= 0.3 is 0 Å². The molecule has 9 rings (SSSR count). The predicted octanol–water partition coefficient (Wildman–Crippen LogP) is 9.48. The van der Waals surface area contributed by atoms with Crippen molar-refractivity contribution in [3.05, 3.63) is 115 Å². The first-order chi connectivity index (χ1) is 18.8. The maximum absolute atomic E-state index is 6.17. The summed E-state index contributed by atoms with van der Waals surface area (Å²) in [4.78, 5) is 0. The van der Waals surface area contributed by atoms with Gasteiger partial charge in [0.2, 0.25) is 0 Å². The first-order valence-corrected chi connectivity index (χ1v) is 13.0. The summed E-state index contributed by atoms with van der Waals surface area (Å²) < 4.78 is 11.0. The summed E-state index contributed by atoms with van der Waals surface area (Å²) in [6.45, 7) is 0. The van der Waals surface area contributed by atoms with Gasteiger partial charge in [-0.1, -0.05) is 78.9 Å². The molecule has 0 bridgehead atoms. The van der Waals surface area contributed by atoms with Gasteiger partial charge in [-0.3, -0.25) is 0 Å². The first-order valence-electron chi connectivity index (χ1n) is 13.0. The van der Waals surface area contributed by atoms with Crippen LogP contribution in [0.1, 0.15) is 0 Å². The van der Waals surface area contributed by atoms with Crippen LogP contribution in [-0.2, 0) is 7.05 Å². The Morgan fingerprint density at radius 3 is 1.82 bits per heavy atom. The predicted molar refractivity (Wildman–Crippen MR) is 160 cm³/mol. The molecule has 0 spiro atoms. The van der Waals surface area contributed by atoms with Crippen LogP contribution >= 0.6 is 0 Å². The zero-order valence-corrected chi connectivity index (χ0v) is 20.8. The highest BCUT2D eigenvalue weighted by atomic mass is 16.3. The fourth-order valence-electron chi connectivity index (χ4n) is 6.73. The van der Waals surface area contributed by atoms with E-state index in [-0.39, 0.29) is 0 Å². The SMILES string of the molecule is Cn1c2ccccc2c2c3c4ccccc4n(-c4ccc5oc6ccccc6c5c4)c3c3ccccc3c21. The van der Waals surface area contributed by atoms with E-state index in [1.165, 1.54) is 54.4 Å².